The Labute approximate surface area is 109 Å². The van der Waals surface area contributed by atoms with Crippen molar-refractivity contribution in [1.29, 1.82) is 0 Å². The molecular formula is C11H12ClN3O3. The van der Waals surface area contributed by atoms with Gasteiger partial charge in [0, 0.05) is 11.7 Å². The second-order valence-electron chi connectivity index (χ2n) is 4.22. The summed E-state index contributed by atoms with van der Waals surface area (Å²) in [4.78, 5) is 32.0. The average Bonchev–Trinajstić information content (AvgIpc) is 3.07. The summed E-state index contributed by atoms with van der Waals surface area (Å²) in [6, 6.07) is 1.51. The number of amides is 1. The molecule has 1 amide bonds. The lowest BCUT2D eigenvalue weighted by Gasteiger charge is -2.19. The SMILES string of the molecule is Cc1cc(C(=O)N(CC(=O)O)C2CC2)nc(Cl)n1. The normalized spacial score (nSPS) is 14.3. The second kappa shape index (κ2) is 4.89. The number of carboxylic acids is 1. The predicted octanol–water partition coefficient (Wildman–Crippen LogP) is 1.13. The summed E-state index contributed by atoms with van der Waals surface area (Å²) in [5, 5.41) is 8.80. The lowest BCUT2D eigenvalue weighted by molar-refractivity contribution is -0.137. The third-order valence-electron chi connectivity index (χ3n) is 2.60. The first-order valence-electron chi connectivity index (χ1n) is 5.51. The number of carbonyl (C=O) groups is 2. The number of halogens is 1. The van der Waals surface area contributed by atoms with Crippen LogP contribution < -0.4 is 0 Å². The summed E-state index contributed by atoms with van der Waals surface area (Å²) < 4.78 is 0. The maximum atomic E-state index is 12.2. The highest BCUT2D eigenvalue weighted by atomic mass is 35.5. The molecule has 1 aliphatic rings. The van der Waals surface area contributed by atoms with Gasteiger partial charge in [0.05, 0.1) is 0 Å². The quantitative estimate of drug-likeness (QED) is 0.829. The first kappa shape index (κ1) is 12.8. The van der Waals surface area contributed by atoms with E-state index in [-0.39, 0.29) is 23.6 Å². The fourth-order valence-electron chi connectivity index (χ4n) is 1.69. The van der Waals surface area contributed by atoms with Gasteiger partial charge in [-0.25, -0.2) is 9.97 Å². The maximum absolute atomic E-state index is 12.2. The van der Waals surface area contributed by atoms with E-state index in [1.165, 1.54) is 11.0 Å². The van der Waals surface area contributed by atoms with Gasteiger partial charge in [0.25, 0.3) is 5.91 Å². The molecule has 0 radical (unpaired) electrons. The highest BCUT2D eigenvalue weighted by Gasteiger charge is 2.35. The van der Waals surface area contributed by atoms with Crippen LogP contribution in [-0.4, -0.2) is 44.4 Å². The highest BCUT2D eigenvalue weighted by molar-refractivity contribution is 6.28. The monoisotopic (exact) mass is 269 g/mol. The third-order valence-corrected chi connectivity index (χ3v) is 2.77. The van der Waals surface area contributed by atoms with E-state index in [4.69, 9.17) is 16.7 Å². The van der Waals surface area contributed by atoms with Crippen LogP contribution >= 0.6 is 11.6 Å². The second-order valence-corrected chi connectivity index (χ2v) is 4.56. The maximum Gasteiger partial charge on any atom is 0.323 e. The Kier molecular flexibility index (Phi) is 3.47. The average molecular weight is 270 g/mol. The van der Waals surface area contributed by atoms with E-state index in [0.717, 1.165) is 12.8 Å². The zero-order chi connectivity index (χ0) is 13.3. The molecule has 0 bridgehead atoms. The van der Waals surface area contributed by atoms with Crippen LogP contribution in [0.4, 0.5) is 0 Å². The summed E-state index contributed by atoms with van der Waals surface area (Å²) >= 11 is 5.69. The Morgan fingerprint density at radius 1 is 1.50 bits per heavy atom. The number of rotatable bonds is 4. The Hall–Kier alpha value is -1.69. The number of carboxylic acid groups (broad SMARTS) is 1. The molecule has 0 aliphatic heterocycles. The van der Waals surface area contributed by atoms with Gasteiger partial charge >= 0.3 is 5.97 Å². The molecule has 1 heterocycles. The van der Waals surface area contributed by atoms with Gasteiger partial charge < -0.3 is 10.0 Å². The van der Waals surface area contributed by atoms with Crippen LogP contribution in [0.2, 0.25) is 5.28 Å². The zero-order valence-corrected chi connectivity index (χ0v) is 10.5. The molecule has 0 aromatic carbocycles. The fraction of sp³-hybridized carbons (Fsp3) is 0.455. The molecule has 2 rings (SSSR count). The van der Waals surface area contributed by atoms with Gasteiger partial charge in [-0.2, -0.15) is 0 Å². The van der Waals surface area contributed by atoms with Gasteiger partial charge in [0.1, 0.15) is 12.2 Å². The molecule has 18 heavy (non-hydrogen) atoms. The van der Waals surface area contributed by atoms with E-state index in [0.29, 0.717) is 5.69 Å². The van der Waals surface area contributed by atoms with Crippen LogP contribution in [0, 0.1) is 6.92 Å². The third kappa shape index (κ3) is 2.95. The van der Waals surface area contributed by atoms with Crippen LogP contribution in [0.3, 0.4) is 0 Å². The van der Waals surface area contributed by atoms with Crippen molar-refractivity contribution in [3.8, 4) is 0 Å². The molecule has 0 unspecified atom stereocenters. The molecule has 0 saturated heterocycles. The molecule has 1 aliphatic carbocycles. The Bertz CT molecular complexity index is 482. The van der Waals surface area contributed by atoms with Crippen molar-refractivity contribution in [3.05, 3.63) is 22.7 Å². The van der Waals surface area contributed by atoms with Crippen molar-refractivity contribution < 1.29 is 14.7 Å². The predicted molar refractivity (Wildman–Crippen MR) is 63.5 cm³/mol. The van der Waals surface area contributed by atoms with Gasteiger partial charge in [0.2, 0.25) is 5.28 Å². The standard InChI is InChI=1S/C11H12ClN3O3/c1-6-4-8(14-11(12)13-6)10(18)15(5-9(16)17)7-2-3-7/h4,7H,2-3,5H2,1H3,(H,16,17). The van der Waals surface area contributed by atoms with Crippen molar-refractivity contribution in [2.45, 2.75) is 25.8 Å². The van der Waals surface area contributed by atoms with Gasteiger partial charge in [0.15, 0.2) is 0 Å². The molecular weight excluding hydrogens is 258 g/mol. The van der Waals surface area contributed by atoms with Gasteiger partial charge in [-0.1, -0.05) is 0 Å². The zero-order valence-electron chi connectivity index (χ0n) is 9.76. The Balaban J connectivity index is 2.24. The number of hydrogen-bond acceptors (Lipinski definition) is 4. The molecule has 0 spiro atoms. The van der Waals surface area contributed by atoms with Crippen molar-refractivity contribution in [2.75, 3.05) is 6.54 Å². The van der Waals surface area contributed by atoms with Gasteiger partial charge in [-0.15, -0.1) is 0 Å². The van der Waals surface area contributed by atoms with Crippen LogP contribution in [-0.2, 0) is 4.79 Å². The summed E-state index contributed by atoms with van der Waals surface area (Å²) in [5.41, 5.74) is 0.713. The van der Waals surface area contributed by atoms with E-state index in [2.05, 4.69) is 9.97 Å². The number of aromatic nitrogens is 2. The van der Waals surface area contributed by atoms with Crippen molar-refractivity contribution in [3.63, 3.8) is 0 Å². The Morgan fingerprint density at radius 2 is 2.17 bits per heavy atom. The molecule has 1 fully saturated rings. The lowest BCUT2D eigenvalue weighted by atomic mass is 10.3. The number of hydrogen-bond donors (Lipinski definition) is 1. The van der Waals surface area contributed by atoms with E-state index < -0.39 is 11.9 Å². The molecule has 96 valence electrons. The largest absolute Gasteiger partial charge is 0.480 e. The molecule has 1 aromatic heterocycles. The number of nitrogens with zero attached hydrogens (tertiary/aromatic N) is 3. The molecule has 1 aromatic rings. The molecule has 6 nitrogen and oxygen atoms in total. The van der Waals surface area contributed by atoms with E-state index >= 15 is 0 Å². The van der Waals surface area contributed by atoms with Crippen molar-refractivity contribution in [1.82, 2.24) is 14.9 Å². The lowest BCUT2D eigenvalue weighted by Crippen LogP contribution is -2.38. The number of carbonyl (C=O) groups excluding carboxylic acids is 1. The number of aryl methyl sites for hydroxylation is 1. The van der Waals surface area contributed by atoms with E-state index in [9.17, 15) is 9.59 Å². The fourth-order valence-corrected chi connectivity index (χ4v) is 1.91. The minimum atomic E-state index is -1.04. The number of aliphatic carboxylic acids is 1. The summed E-state index contributed by atoms with van der Waals surface area (Å²) in [6.07, 6.45) is 1.66. The van der Waals surface area contributed by atoms with Crippen LogP contribution in [0.1, 0.15) is 29.0 Å². The van der Waals surface area contributed by atoms with E-state index in [1.54, 1.807) is 6.92 Å². The van der Waals surface area contributed by atoms with Gasteiger partial charge in [-0.05, 0) is 37.4 Å². The molecule has 1 N–H and O–H groups in total. The minimum absolute atomic E-state index is 0.00245. The van der Waals surface area contributed by atoms with E-state index in [1.807, 2.05) is 0 Å². The molecule has 0 atom stereocenters. The summed E-state index contributed by atoms with van der Waals surface area (Å²) in [5.74, 6) is -1.44. The first-order valence-corrected chi connectivity index (χ1v) is 5.89. The smallest absolute Gasteiger partial charge is 0.323 e. The van der Waals surface area contributed by atoms with Gasteiger partial charge in [-0.3, -0.25) is 9.59 Å². The highest BCUT2D eigenvalue weighted by Crippen LogP contribution is 2.27. The summed E-state index contributed by atoms with van der Waals surface area (Å²) in [6.45, 7) is 1.38. The first-order chi connectivity index (χ1) is 8.47. The summed E-state index contributed by atoms with van der Waals surface area (Å²) in [7, 11) is 0. The minimum Gasteiger partial charge on any atom is -0.480 e. The topological polar surface area (TPSA) is 83.4 Å². The van der Waals surface area contributed by atoms with Crippen molar-refractivity contribution in [2.24, 2.45) is 0 Å². The van der Waals surface area contributed by atoms with Crippen LogP contribution in [0.25, 0.3) is 0 Å². The Morgan fingerprint density at radius 3 is 2.67 bits per heavy atom. The van der Waals surface area contributed by atoms with Crippen molar-refractivity contribution >= 4 is 23.5 Å². The van der Waals surface area contributed by atoms with Crippen LogP contribution in [0.15, 0.2) is 6.07 Å². The molecule has 1 saturated carbocycles. The van der Waals surface area contributed by atoms with Crippen LogP contribution in [0.5, 0.6) is 0 Å². The molecule has 7 heteroatoms.